The maximum atomic E-state index is 13.6. The van der Waals surface area contributed by atoms with Gasteiger partial charge in [-0.05, 0) is 49.9 Å². The highest BCUT2D eigenvalue weighted by atomic mass is 19.1. The standard InChI is InChI=1S/C16H26FNO/c1-4-6-14(18-11-5-2)9-7-13-8-10-16(19-3)15(17)12-13/h8,10,12,14,18H,4-7,9,11H2,1-3H3. The normalized spacial score (nSPS) is 12.4. The molecule has 0 aliphatic carbocycles. The van der Waals surface area contributed by atoms with Gasteiger partial charge in [0.15, 0.2) is 11.6 Å². The zero-order valence-electron chi connectivity index (χ0n) is 12.3. The Kier molecular flexibility index (Phi) is 7.49. The number of halogens is 1. The van der Waals surface area contributed by atoms with Crippen LogP contribution in [0.5, 0.6) is 5.75 Å². The van der Waals surface area contributed by atoms with Gasteiger partial charge in [0.25, 0.3) is 0 Å². The van der Waals surface area contributed by atoms with Gasteiger partial charge in [0, 0.05) is 6.04 Å². The molecular formula is C16H26FNO. The Morgan fingerprint density at radius 1 is 1.21 bits per heavy atom. The topological polar surface area (TPSA) is 21.3 Å². The number of benzene rings is 1. The van der Waals surface area contributed by atoms with Crippen LogP contribution in [0.15, 0.2) is 18.2 Å². The van der Waals surface area contributed by atoms with Crippen molar-refractivity contribution in [2.75, 3.05) is 13.7 Å². The van der Waals surface area contributed by atoms with Crippen LogP contribution in [-0.2, 0) is 6.42 Å². The molecule has 1 rings (SSSR count). The van der Waals surface area contributed by atoms with Crippen molar-refractivity contribution >= 4 is 0 Å². The van der Waals surface area contributed by atoms with Crippen LogP contribution < -0.4 is 10.1 Å². The van der Waals surface area contributed by atoms with Crippen molar-refractivity contribution in [3.05, 3.63) is 29.6 Å². The number of hydrogen-bond donors (Lipinski definition) is 1. The van der Waals surface area contributed by atoms with Crippen LogP contribution in [-0.4, -0.2) is 19.7 Å². The second-order valence-corrected chi connectivity index (χ2v) is 4.95. The molecule has 0 saturated carbocycles. The highest BCUT2D eigenvalue weighted by molar-refractivity contribution is 5.29. The predicted octanol–water partition coefficient (Wildman–Crippen LogP) is 3.94. The lowest BCUT2D eigenvalue weighted by molar-refractivity contribution is 0.386. The van der Waals surface area contributed by atoms with E-state index in [0.29, 0.717) is 11.8 Å². The van der Waals surface area contributed by atoms with Crippen molar-refractivity contribution in [1.82, 2.24) is 5.32 Å². The van der Waals surface area contributed by atoms with E-state index in [1.54, 1.807) is 12.1 Å². The first-order chi connectivity index (χ1) is 9.21. The molecule has 3 heteroatoms. The highest BCUT2D eigenvalue weighted by Gasteiger charge is 2.08. The Hall–Kier alpha value is -1.09. The third-order valence-electron chi connectivity index (χ3n) is 3.32. The van der Waals surface area contributed by atoms with E-state index in [1.807, 2.05) is 6.07 Å². The van der Waals surface area contributed by atoms with Crippen LogP contribution in [0.3, 0.4) is 0 Å². The quantitative estimate of drug-likeness (QED) is 0.732. The Balaban J connectivity index is 2.50. The maximum absolute atomic E-state index is 13.6. The smallest absolute Gasteiger partial charge is 0.165 e. The van der Waals surface area contributed by atoms with Gasteiger partial charge in [0.05, 0.1) is 7.11 Å². The summed E-state index contributed by atoms with van der Waals surface area (Å²) in [5.74, 6) is 0.0477. The van der Waals surface area contributed by atoms with Gasteiger partial charge in [0.1, 0.15) is 0 Å². The summed E-state index contributed by atoms with van der Waals surface area (Å²) in [5, 5.41) is 3.56. The van der Waals surface area contributed by atoms with Crippen molar-refractivity contribution in [2.45, 2.75) is 52.0 Å². The fourth-order valence-electron chi connectivity index (χ4n) is 2.25. The molecule has 0 heterocycles. The SMILES string of the molecule is CCCNC(CCC)CCc1ccc(OC)c(F)c1. The number of hydrogen-bond acceptors (Lipinski definition) is 2. The largest absolute Gasteiger partial charge is 0.494 e. The Morgan fingerprint density at radius 3 is 2.58 bits per heavy atom. The van der Waals surface area contributed by atoms with Crippen LogP contribution in [0, 0.1) is 5.82 Å². The van der Waals surface area contributed by atoms with Gasteiger partial charge in [-0.3, -0.25) is 0 Å². The third kappa shape index (κ3) is 5.60. The first-order valence-electron chi connectivity index (χ1n) is 7.27. The summed E-state index contributed by atoms with van der Waals surface area (Å²) < 4.78 is 18.5. The van der Waals surface area contributed by atoms with Crippen molar-refractivity contribution in [3.63, 3.8) is 0 Å². The van der Waals surface area contributed by atoms with Crippen LogP contribution in [0.1, 0.15) is 45.1 Å². The summed E-state index contributed by atoms with van der Waals surface area (Å²) in [6, 6.07) is 5.78. The first-order valence-corrected chi connectivity index (χ1v) is 7.27. The zero-order valence-corrected chi connectivity index (χ0v) is 12.3. The van der Waals surface area contributed by atoms with Gasteiger partial charge in [0.2, 0.25) is 0 Å². The lowest BCUT2D eigenvalue weighted by atomic mass is 10.0. The van der Waals surface area contributed by atoms with Crippen LogP contribution in [0.4, 0.5) is 4.39 Å². The van der Waals surface area contributed by atoms with Gasteiger partial charge >= 0.3 is 0 Å². The average molecular weight is 267 g/mol. The Labute approximate surface area is 116 Å². The molecule has 1 aromatic rings. The Morgan fingerprint density at radius 2 is 2.00 bits per heavy atom. The van der Waals surface area contributed by atoms with Crippen molar-refractivity contribution in [1.29, 1.82) is 0 Å². The minimum absolute atomic E-state index is 0.270. The van der Waals surface area contributed by atoms with Crippen LogP contribution >= 0.6 is 0 Å². The van der Waals surface area contributed by atoms with E-state index in [-0.39, 0.29) is 5.82 Å². The maximum Gasteiger partial charge on any atom is 0.165 e. The number of methoxy groups -OCH3 is 1. The van der Waals surface area contributed by atoms with E-state index in [0.717, 1.165) is 31.4 Å². The summed E-state index contributed by atoms with van der Waals surface area (Å²) in [4.78, 5) is 0. The molecule has 0 aromatic heterocycles. The lowest BCUT2D eigenvalue weighted by Crippen LogP contribution is -2.30. The van der Waals surface area contributed by atoms with E-state index in [9.17, 15) is 4.39 Å². The van der Waals surface area contributed by atoms with E-state index >= 15 is 0 Å². The van der Waals surface area contributed by atoms with Crippen molar-refractivity contribution < 1.29 is 9.13 Å². The fourth-order valence-corrected chi connectivity index (χ4v) is 2.25. The lowest BCUT2D eigenvalue weighted by Gasteiger charge is -2.17. The molecule has 1 unspecified atom stereocenters. The molecule has 2 nitrogen and oxygen atoms in total. The molecule has 0 aliphatic rings. The van der Waals surface area contributed by atoms with Crippen LogP contribution in [0.2, 0.25) is 0 Å². The molecule has 0 bridgehead atoms. The fraction of sp³-hybridized carbons (Fsp3) is 0.625. The summed E-state index contributed by atoms with van der Waals surface area (Å²) in [5.41, 5.74) is 1.04. The molecule has 0 aliphatic heterocycles. The highest BCUT2D eigenvalue weighted by Crippen LogP contribution is 2.19. The Bertz CT molecular complexity index is 368. The van der Waals surface area contributed by atoms with E-state index in [1.165, 1.54) is 20.0 Å². The molecule has 0 radical (unpaired) electrons. The van der Waals surface area contributed by atoms with Crippen molar-refractivity contribution in [2.24, 2.45) is 0 Å². The molecule has 0 amide bonds. The minimum atomic E-state index is -0.270. The predicted molar refractivity (Wildman–Crippen MR) is 78.3 cm³/mol. The molecule has 1 atom stereocenters. The summed E-state index contributed by atoms with van der Waals surface area (Å²) in [6.45, 7) is 5.43. The minimum Gasteiger partial charge on any atom is -0.494 e. The number of ether oxygens (including phenoxy) is 1. The van der Waals surface area contributed by atoms with Crippen LogP contribution in [0.25, 0.3) is 0 Å². The van der Waals surface area contributed by atoms with E-state index in [4.69, 9.17) is 4.74 Å². The third-order valence-corrected chi connectivity index (χ3v) is 3.32. The molecule has 0 fully saturated rings. The molecule has 0 spiro atoms. The van der Waals surface area contributed by atoms with Gasteiger partial charge in [-0.25, -0.2) is 4.39 Å². The second-order valence-electron chi connectivity index (χ2n) is 4.95. The molecule has 1 aromatic carbocycles. The van der Waals surface area contributed by atoms with Gasteiger partial charge in [-0.15, -0.1) is 0 Å². The molecule has 108 valence electrons. The molecular weight excluding hydrogens is 241 g/mol. The average Bonchev–Trinajstić information content (AvgIpc) is 2.42. The molecule has 1 N–H and O–H groups in total. The zero-order chi connectivity index (χ0) is 14.1. The second kappa shape index (κ2) is 8.92. The van der Waals surface area contributed by atoms with Gasteiger partial charge in [-0.1, -0.05) is 26.3 Å². The molecule has 0 saturated heterocycles. The summed E-state index contributed by atoms with van der Waals surface area (Å²) in [7, 11) is 1.49. The van der Waals surface area contributed by atoms with Crippen molar-refractivity contribution in [3.8, 4) is 5.75 Å². The van der Waals surface area contributed by atoms with Gasteiger partial charge in [-0.2, -0.15) is 0 Å². The number of rotatable bonds is 9. The number of aryl methyl sites for hydroxylation is 1. The summed E-state index contributed by atoms with van der Waals surface area (Å²) in [6.07, 6.45) is 5.47. The number of nitrogens with one attached hydrogen (secondary N) is 1. The summed E-state index contributed by atoms with van der Waals surface area (Å²) >= 11 is 0. The monoisotopic (exact) mass is 267 g/mol. The van der Waals surface area contributed by atoms with E-state index < -0.39 is 0 Å². The van der Waals surface area contributed by atoms with Gasteiger partial charge < -0.3 is 10.1 Å². The van der Waals surface area contributed by atoms with E-state index in [2.05, 4.69) is 19.2 Å². The molecule has 19 heavy (non-hydrogen) atoms. The first kappa shape index (κ1) is 16.0.